The Hall–Kier alpha value is -3.15. The molecule has 0 fully saturated rings. The van der Waals surface area contributed by atoms with Gasteiger partial charge >= 0.3 is 0 Å². The number of rotatable bonds is 8. The maximum Gasteiger partial charge on any atom is 0.220 e. The van der Waals surface area contributed by atoms with Gasteiger partial charge in [0.25, 0.3) is 0 Å². The fraction of sp³-hybridized carbons (Fsp3) is 0.318. The number of amides is 1. The quantitative estimate of drug-likeness (QED) is 0.651. The zero-order chi connectivity index (χ0) is 19.9. The van der Waals surface area contributed by atoms with E-state index < -0.39 is 0 Å². The Morgan fingerprint density at radius 2 is 1.96 bits per heavy atom. The summed E-state index contributed by atoms with van der Waals surface area (Å²) in [5.74, 6) is 0.582. The lowest BCUT2D eigenvalue weighted by Crippen LogP contribution is -2.23. The van der Waals surface area contributed by atoms with Crippen LogP contribution in [-0.4, -0.2) is 27.3 Å². The lowest BCUT2D eigenvalue weighted by atomic mass is 10.1. The number of nitrogens with one attached hydrogen (secondary N) is 1. The van der Waals surface area contributed by atoms with E-state index in [1.807, 2.05) is 61.9 Å². The Kier molecular flexibility index (Phi) is 6.42. The molecule has 146 valence electrons. The minimum absolute atomic E-state index is 0.00826. The number of ether oxygens (including phenoxy) is 1. The van der Waals surface area contributed by atoms with Crippen molar-refractivity contribution in [2.75, 3.05) is 6.61 Å². The monoisotopic (exact) mass is 378 g/mol. The predicted octanol–water partition coefficient (Wildman–Crippen LogP) is 3.53. The Morgan fingerprint density at radius 1 is 1.18 bits per heavy atom. The first-order chi connectivity index (χ1) is 13.6. The number of aromatic nitrogens is 3. The molecular weight excluding hydrogens is 352 g/mol. The highest BCUT2D eigenvalue weighted by molar-refractivity contribution is 5.76. The zero-order valence-corrected chi connectivity index (χ0v) is 16.6. The molecule has 0 saturated carbocycles. The third-order valence-electron chi connectivity index (χ3n) is 4.44. The molecule has 6 heteroatoms. The highest BCUT2D eigenvalue weighted by Gasteiger charge is 2.08. The molecular formula is C22H26N4O2. The van der Waals surface area contributed by atoms with Crippen molar-refractivity contribution in [2.45, 2.75) is 40.2 Å². The minimum Gasteiger partial charge on any atom is -0.478 e. The molecule has 0 atom stereocenters. The first-order valence-corrected chi connectivity index (χ1v) is 9.52. The molecule has 0 saturated heterocycles. The molecule has 1 N–H and O–H groups in total. The SMILES string of the molecule is CCOc1ncccc1CNC(=O)CCc1ccc(-n2nc(C)cc2C)cc1. The second kappa shape index (κ2) is 9.17. The summed E-state index contributed by atoms with van der Waals surface area (Å²) >= 11 is 0. The van der Waals surface area contributed by atoms with Crippen LogP contribution in [0.1, 0.15) is 35.9 Å². The summed E-state index contributed by atoms with van der Waals surface area (Å²) in [6.45, 7) is 6.90. The number of aryl methyl sites for hydroxylation is 3. The molecule has 6 nitrogen and oxygen atoms in total. The topological polar surface area (TPSA) is 69.0 Å². The fourth-order valence-electron chi connectivity index (χ4n) is 3.06. The molecule has 0 aliphatic carbocycles. The predicted molar refractivity (Wildman–Crippen MR) is 109 cm³/mol. The minimum atomic E-state index is 0.00826. The van der Waals surface area contributed by atoms with Gasteiger partial charge in [0.2, 0.25) is 11.8 Å². The summed E-state index contributed by atoms with van der Waals surface area (Å²) in [5.41, 5.74) is 5.13. The van der Waals surface area contributed by atoms with Crippen LogP contribution in [0.3, 0.4) is 0 Å². The third kappa shape index (κ3) is 4.97. The Labute approximate surface area is 165 Å². The van der Waals surface area contributed by atoms with Gasteiger partial charge in [0.1, 0.15) is 0 Å². The van der Waals surface area contributed by atoms with Gasteiger partial charge in [-0.1, -0.05) is 18.2 Å². The molecule has 3 aromatic rings. The lowest BCUT2D eigenvalue weighted by Gasteiger charge is -2.10. The third-order valence-corrected chi connectivity index (χ3v) is 4.44. The van der Waals surface area contributed by atoms with Crippen LogP contribution in [-0.2, 0) is 17.8 Å². The molecule has 3 rings (SSSR count). The number of nitrogens with zero attached hydrogens (tertiary/aromatic N) is 3. The molecule has 0 radical (unpaired) electrons. The van der Waals surface area contributed by atoms with E-state index in [9.17, 15) is 4.79 Å². The molecule has 2 heterocycles. The molecule has 0 spiro atoms. The Balaban J connectivity index is 1.51. The van der Waals surface area contributed by atoms with Gasteiger partial charge in [0.15, 0.2) is 0 Å². The first-order valence-electron chi connectivity index (χ1n) is 9.52. The van der Waals surface area contributed by atoms with Gasteiger partial charge in [0, 0.05) is 30.4 Å². The number of hydrogen-bond acceptors (Lipinski definition) is 4. The van der Waals surface area contributed by atoms with Crippen molar-refractivity contribution in [1.29, 1.82) is 0 Å². The molecule has 1 aromatic carbocycles. The van der Waals surface area contributed by atoms with Crippen molar-refractivity contribution in [3.8, 4) is 11.6 Å². The summed E-state index contributed by atoms with van der Waals surface area (Å²) in [6, 6.07) is 14.0. The van der Waals surface area contributed by atoms with Gasteiger partial charge in [-0.25, -0.2) is 9.67 Å². The number of carbonyl (C=O) groups is 1. The zero-order valence-electron chi connectivity index (χ0n) is 16.6. The van der Waals surface area contributed by atoms with Crippen molar-refractivity contribution in [1.82, 2.24) is 20.1 Å². The largest absolute Gasteiger partial charge is 0.478 e. The van der Waals surface area contributed by atoms with Crippen LogP contribution in [0, 0.1) is 13.8 Å². The van der Waals surface area contributed by atoms with Crippen LogP contribution < -0.4 is 10.1 Å². The fourth-order valence-corrected chi connectivity index (χ4v) is 3.06. The molecule has 2 aromatic heterocycles. The summed E-state index contributed by atoms with van der Waals surface area (Å²) in [5, 5.41) is 7.44. The molecule has 0 unspecified atom stereocenters. The molecule has 0 aliphatic heterocycles. The number of benzene rings is 1. The van der Waals surface area contributed by atoms with E-state index in [0.29, 0.717) is 31.9 Å². The van der Waals surface area contributed by atoms with Crippen molar-refractivity contribution < 1.29 is 9.53 Å². The highest BCUT2D eigenvalue weighted by atomic mass is 16.5. The normalized spacial score (nSPS) is 10.7. The van der Waals surface area contributed by atoms with Crippen molar-refractivity contribution >= 4 is 5.91 Å². The van der Waals surface area contributed by atoms with Gasteiger partial charge in [-0.2, -0.15) is 5.10 Å². The summed E-state index contributed by atoms with van der Waals surface area (Å²) < 4.78 is 7.41. The highest BCUT2D eigenvalue weighted by Crippen LogP contribution is 2.15. The van der Waals surface area contributed by atoms with Crippen LogP contribution in [0.25, 0.3) is 5.69 Å². The van der Waals surface area contributed by atoms with Crippen LogP contribution in [0.15, 0.2) is 48.7 Å². The van der Waals surface area contributed by atoms with Crippen molar-refractivity contribution in [2.24, 2.45) is 0 Å². The summed E-state index contributed by atoms with van der Waals surface area (Å²) in [7, 11) is 0. The number of hydrogen-bond donors (Lipinski definition) is 1. The Morgan fingerprint density at radius 3 is 2.64 bits per heavy atom. The lowest BCUT2D eigenvalue weighted by molar-refractivity contribution is -0.121. The van der Waals surface area contributed by atoms with E-state index in [-0.39, 0.29) is 5.91 Å². The molecule has 0 bridgehead atoms. The van der Waals surface area contributed by atoms with Crippen molar-refractivity contribution in [3.63, 3.8) is 0 Å². The standard InChI is InChI=1S/C22H26N4O2/c1-4-28-22-19(6-5-13-23-22)15-24-21(27)12-9-18-7-10-20(11-8-18)26-17(3)14-16(2)25-26/h5-8,10-11,13-14H,4,9,12,15H2,1-3H3,(H,24,27). The average Bonchev–Trinajstić information content (AvgIpc) is 3.04. The van der Waals surface area contributed by atoms with E-state index in [2.05, 4.69) is 21.5 Å². The van der Waals surface area contributed by atoms with E-state index >= 15 is 0 Å². The van der Waals surface area contributed by atoms with Gasteiger partial charge in [-0.05, 0) is 57.0 Å². The van der Waals surface area contributed by atoms with Gasteiger partial charge in [-0.3, -0.25) is 4.79 Å². The number of pyridine rings is 1. The van der Waals surface area contributed by atoms with Gasteiger partial charge < -0.3 is 10.1 Å². The second-order valence-electron chi connectivity index (χ2n) is 6.68. The van der Waals surface area contributed by atoms with E-state index in [0.717, 1.165) is 28.2 Å². The summed E-state index contributed by atoms with van der Waals surface area (Å²) in [4.78, 5) is 16.4. The molecule has 1 amide bonds. The summed E-state index contributed by atoms with van der Waals surface area (Å²) in [6.07, 6.45) is 2.81. The van der Waals surface area contributed by atoms with Crippen LogP contribution in [0.2, 0.25) is 0 Å². The van der Waals surface area contributed by atoms with Crippen molar-refractivity contribution in [3.05, 3.63) is 71.2 Å². The van der Waals surface area contributed by atoms with Crippen LogP contribution in [0.4, 0.5) is 0 Å². The smallest absolute Gasteiger partial charge is 0.220 e. The maximum atomic E-state index is 12.2. The van der Waals surface area contributed by atoms with E-state index in [1.165, 1.54) is 0 Å². The second-order valence-corrected chi connectivity index (χ2v) is 6.68. The van der Waals surface area contributed by atoms with E-state index in [1.54, 1.807) is 6.20 Å². The molecule has 0 aliphatic rings. The van der Waals surface area contributed by atoms with Crippen LogP contribution >= 0.6 is 0 Å². The molecule has 28 heavy (non-hydrogen) atoms. The van der Waals surface area contributed by atoms with E-state index in [4.69, 9.17) is 4.74 Å². The van der Waals surface area contributed by atoms with Gasteiger partial charge in [-0.15, -0.1) is 0 Å². The maximum absolute atomic E-state index is 12.2. The first kappa shape index (κ1) is 19.6. The average molecular weight is 378 g/mol. The Bertz CT molecular complexity index is 932. The number of carbonyl (C=O) groups excluding carboxylic acids is 1. The van der Waals surface area contributed by atoms with Gasteiger partial charge in [0.05, 0.1) is 18.0 Å². The van der Waals surface area contributed by atoms with Crippen LogP contribution in [0.5, 0.6) is 5.88 Å².